The van der Waals surface area contributed by atoms with E-state index in [-0.39, 0.29) is 0 Å². The molecule has 1 aliphatic rings. The first-order chi connectivity index (χ1) is 6.97. The standard InChI is InChI=1S/C13H27NO/c1-4-10-14-11-13(15)7-5-6-12(2,3)8-9-13/h14-15H,4-11H2,1-3H3. The minimum atomic E-state index is -0.442. The highest BCUT2D eigenvalue weighted by Gasteiger charge is 2.33. The van der Waals surface area contributed by atoms with Crippen LogP contribution >= 0.6 is 0 Å². The van der Waals surface area contributed by atoms with E-state index in [1.807, 2.05) is 0 Å². The van der Waals surface area contributed by atoms with E-state index >= 15 is 0 Å². The van der Waals surface area contributed by atoms with Crippen LogP contribution in [0.25, 0.3) is 0 Å². The summed E-state index contributed by atoms with van der Waals surface area (Å²) in [7, 11) is 0. The predicted octanol–water partition coefficient (Wildman–Crippen LogP) is 2.71. The number of hydrogen-bond acceptors (Lipinski definition) is 2. The summed E-state index contributed by atoms with van der Waals surface area (Å²) in [6.07, 6.45) is 6.63. The summed E-state index contributed by atoms with van der Waals surface area (Å²) < 4.78 is 0. The van der Waals surface area contributed by atoms with Gasteiger partial charge in [0.2, 0.25) is 0 Å². The largest absolute Gasteiger partial charge is 0.389 e. The second-order valence-electron chi connectivity index (χ2n) is 5.92. The molecule has 90 valence electrons. The third kappa shape index (κ3) is 4.52. The lowest BCUT2D eigenvalue weighted by Crippen LogP contribution is -2.40. The fraction of sp³-hybridized carbons (Fsp3) is 1.00. The Morgan fingerprint density at radius 2 is 1.87 bits per heavy atom. The van der Waals surface area contributed by atoms with Gasteiger partial charge in [-0.1, -0.05) is 27.2 Å². The predicted molar refractivity (Wildman–Crippen MR) is 65.0 cm³/mol. The minimum absolute atomic E-state index is 0.426. The molecule has 1 aliphatic carbocycles. The van der Waals surface area contributed by atoms with E-state index in [9.17, 15) is 5.11 Å². The van der Waals surface area contributed by atoms with Crippen molar-refractivity contribution in [2.45, 2.75) is 64.9 Å². The molecule has 2 nitrogen and oxygen atoms in total. The maximum absolute atomic E-state index is 10.4. The molecule has 0 aromatic rings. The smallest absolute Gasteiger partial charge is 0.0771 e. The molecule has 1 atom stereocenters. The lowest BCUT2D eigenvalue weighted by molar-refractivity contribution is 0.0229. The van der Waals surface area contributed by atoms with E-state index in [1.165, 1.54) is 6.42 Å². The summed E-state index contributed by atoms with van der Waals surface area (Å²) in [6.45, 7) is 8.59. The number of rotatable bonds is 4. The Labute approximate surface area is 94.5 Å². The highest BCUT2D eigenvalue weighted by atomic mass is 16.3. The molecule has 15 heavy (non-hydrogen) atoms. The van der Waals surface area contributed by atoms with Crippen molar-refractivity contribution in [1.29, 1.82) is 0 Å². The molecule has 1 fully saturated rings. The van der Waals surface area contributed by atoms with Crippen LogP contribution in [0.4, 0.5) is 0 Å². The topological polar surface area (TPSA) is 32.3 Å². The third-order valence-electron chi connectivity index (χ3n) is 3.64. The lowest BCUT2D eigenvalue weighted by Gasteiger charge is -2.28. The second-order valence-corrected chi connectivity index (χ2v) is 5.92. The van der Waals surface area contributed by atoms with Crippen molar-refractivity contribution in [3.05, 3.63) is 0 Å². The van der Waals surface area contributed by atoms with Crippen LogP contribution in [-0.4, -0.2) is 23.8 Å². The molecule has 1 saturated carbocycles. The SMILES string of the molecule is CCCNCC1(O)CCCC(C)(C)CC1. The Hall–Kier alpha value is -0.0800. The lowest BCUT2D eigenvalue weighted by atomic mass is 9.84. The van der Waals surface area contributed by atoms with Gasteiger partial charge < -0.3 is 10.4 Å². The van der Waals surface area contributed by atoms with Crippen LogP contribution in [0.15, 0.2) is 0 Å². The maximum atomic E-state index is 10.4. The van der Waals surface area contributed by atoms with Crippen molar-refractivity contribution in [2.24, 2.45) is 5.41 Å². The molecule has 1 unspecified atom stereocenters. The van der Waals surface area contributed by atoms with Gasteiger partial charge in [0.05, 0.1) is 5.60 Å². The van der Waals surface area contributed by atoms with Gasteiger partial charge in [0, 0.05) is 6.54 Å². The van der Waals surface area contributed by atoms with Gasteiger partial charge in [-0.2, -0.15) is 0 Å². The molecule has 1 rings (SSSR count). The molecule has 0 bridgehead atoms. The molecule has 0 radical (unpaired) electrons. The number of hydrogen-bond donors (Lipinski definition) is 2. The maximum Gasteiger partial charge on any atom is 0.0771 e. The van der Waals surface area contributed by atoms with E-state index in [4.69, 9.17) is 0 Å². The van der Waals surface area contributed by atoms with E-state index in [2.05, 4.69) is 26.1 Å². The molecule has 0 heterocycles. The van der Waals surface area contributed by atoms with Crippen molar-refractivity contribution in [3.8, 4) is 0 Å². The highest BCUT2D eigenvalue weighted by molar-refractivity contribution is 4.87. The zero-order chi connectivity index (χ0) is 11.4. The average Bonchev–Trinajstić information content (AvgIpc) is 2.27. The van der Waals surface area contributed by atoms with E-state index in [0.717, 1.165) is 45.2 Å². The molecule has 0 spiro atoms. The molecular formula is C13H27NO. The Balaban J connectivity index is 2.40. The van der Waals surface area contributed by atoms with Gasteiger partial charge in [-0.3, -0.25) is 0 Å². The summed E-state index contributed by atoms with van der Waals surface area (Å²) in [5.74, 6) is 0. The minimum Gasteiger partial charge on any atom is -0.389 e. The van der Waals surface area contributed by atoms with Gasteiger partial charge in [-0.15, -0.1) is 0 Å². The van der Waals surface area contributed by atoms with Crippen LogP contribution in [-0.2, 0) is 0 Å². The molecule has 0 saturated heterocycles. The van der Waals surface area contributed by atoms with Gasteiger partial charge in [0.25, 0.3) is 0 Å². The van der Waals surface area contributed by atoms with Crippen LogP contribution in [0.1, 0.15) is 59.3 Å². The normalized spacial score (nSPS) is 31.2. The van der Waals surface area contributed by atoms with Gasteiger partial charge in [0.15, 0.2) is 0 Å². The monoisotopic (exact) mass is 213 g/mol. The van der Waals surface area contributed by atoms with Crippen molar-refractivity contribution in [3.63, 3.8) is 0 Å². The van der Waals surface area contributed by atoms with Crippen molar-refractivity contribution >= 4 is 0 Å². The van der Waals surface area contributed by atoms with Crippen LogP contribution in [0.3, 0.4) is 0 Å². The summed E-state index contributed by atoms with van der Waals surface area (Å²) in [5, 5.41) is 13.8. The Bertz CT molecular complexity index is 191. The van der Waals surface area contributed by atoms with E-state index in [0.29, 0.717) is 5.41 Å². The first-order valence-corrected chi connectivity index (χ1v) is 6.41. The second kappa shape index (κ2) is 5.31. The van der Waals surface area contributed by atoms with Crippen LogP contribution in [0.2, 0.25) is 0 Å². The summed E-state index contributed by atoms with van der Waals surface area (Å²) >= 11 is 0. The Morgan fingerprint density at radius 1 is 1.13 bits per heavy atom. The van der Waals surface area contributed by atoms with Crippen LogP contribution < -0.4 is 5.32 Å². The quantitative estimate of drug-likeness (QED) is 0.556. The first-order valence-electron chi connectivity index (χ1n) is 6.41. The number of aliphatic hydroxyl groups is 1. The molecule has 0 aromatic carbocycles. The highest BCUT2D eigenvalue weighted by Crippen LogP contribution is 2.37. The Morgan fingerprint density at radius 3 is 2.53 bits per heavy atom. The van der Waals surface area contributed by atoms with Gasteiger partial charge in [-0.05, 0) is 44.1 Å². The summed E-state index contributed by atoms with van der Waals surface area (Å²) in [5.41, 5.74) is -0.0157. The van der Waals surface area contributed by atoms with Crippen molar-refractivity contribution in [2.75, 3.05) is 13.1 Å². The van der Waals surface area contributed by atoms with E-state index in [1.54, 1.807) is 0 Å². The molecule has 0 amide bonds. The Kier molecular flexibility index (Phi) is 4.60. The van der Waals surface area contributed by atoms with Gasteiger partial charge in [0.1, 0.15) is 0 Å². The van der Waals surface area contributed by atoms with E-state index < -0.39 is 5.60 Å². The average molecular weight is 213 g/mol. The summed E-state index contributed by atoms with van der Waals surface area (Å²) in [4.78, 5) is 0. The zero-order valence-corrected chi connectivity index (χ0v) is 10.6. The first kappa shape index (κ1) is 13.0. The van der Waals surface area contributed by atoms with Crippen LogP contribution in [0, 0.1) is 5.41 Å². The molecular weight excluding hydrogens is 186 g/mol. The fourth-order valence-electron chi connectivity index (χ4n) is 2.39. The molecule has 2 N–H and O–H groups in total. The molecule has 2 heteroatoms. The van der Waals surface area contributed by atoms with Gasteiger partial charge in [-0.25, -0.2) is 0 Å². The van der Waals surface area contributed by atoms with Gasteiger partial charge >= 0.3 is 0 Å². The van der Waals surface area contributed by atoms with Crippen molar-refractivity contribution < 1.29 is 5.11 Å². The molecule has 0 aliphatic heterocycles. The zero-order valence-electron chi connectivity index (χ0n) is 10.6. The fourth-order valence-corrected chi connectivity index (χ4v) is 2.39. The summed E-state index contributed by atoms with van der Waals surface area (Å²) in [6, 6.07) is 0. The number of nitrogens with one attached hydrogen (secondary N) is 1. The third-order valence-corrected chi connectivity index (χ3v) is 3.64. The van der Waals surface area contributed by atoms with Crippen LogP contribution in [0.5, 0.6) is 0 Å². The van der Waals surface area contributed by atoms with Crippen molar-refractivity contribution in [1.82, 2.24) is 5.32 Å². The molecule has 0 aromatic heterocycles.